The fraction of sp³-hybridized carbons (Fsp3) is 0.583. The summed E-state index contributed by atoms with van der Waals surface area (Å²) in [4.78, 5) is 0. The topological polar surface area (TPSA) is 70.4 Å². The van der Waals surface area contributed by atoms with Crippen molar-refractivity contribution >= 4 is 10.1 Å². The summed E-state index contributed by atoms with van der Waals surface area (Å²) in [6.07, 6.45) is 4.31. The number of nitrogens with zero attached hydrogens (tertiary/aromatic N) is 2. The number of aromatic nitrogens is 2. The van der Waals surface area contributed by atoms with Gasteiger partial charge < -0.3 is 8.92 Å². The van der Waals surface area contributed by atoms with Gasteiger partial charge in [0.05, 0.1) is 18.3 Å². The molecular formula is C12H13F3N2O4S. The zero-order valence-electron chi connectivity index (χ0n) is 11.3. The summed E-state index contributed by atoms with van der Waals surface area (Å²) in [6, 6.07) is 2.06. The molecule has 1 saturated carbocycles. The SMILES string of the molecule is O=S(=O)(OC1=CC(c2ccn(C3CC3)n2)OCC1)C(F)(F)F. The van der Waals surface area contributed by atoms with E-state index in [1.54, 1.807) is 16.9 Å². The van der Waals surface area contributed by atoms with Crippen LogP contribution in [0.4, 0.5) is 13.2 Å². The lowest BCUT2D eigenvalue weighted by Gasteiger charge is -2.21. The second-order valence-corrected chi connectivity index (χ2v) is 6.65. The van der Waals surface area contributed by atoms with E-state index in [4.69, 9.17) is 4.74 Å². The van der Waals surface area contributed by atoms with Gasteiger partial charge in [-0.05, 0) is 25.0 Å². The number of alkyl halides is 3. The molecule has 1 atom stereocenters. The van der Waals surface area contributed by atoms with E-state index >= 15 is 0 Å². The van der Waals surface area contributed by atoms with Gasteiger partial charge in [-0.25, -0.2) is 0 Å². The van der Waals surface area contributed by atoms with E-state index in [1.807, 2.05) is 0 Å². The van der Waals surface area contributed by atoms with Gasteiger partial charge in [0.15, 0.2) is 0 Å². The average Bonchev–Trinajstić information content (AvgIpc) is 3.15. The number of hydrogen-bond acceptors (Lipinski definition) is 5. The molecule has 1 unspecified atom stereocenters. The highest BCUT2D eigenvalue weighted by atomic mass is 32.2. The van der Waals surface area contributed by atoms with Gasteiger partial charge in [0.2, 0.25) is 0 Å². The van der Waals surface area contributed by atoms with Crippen molar-refractivity contribution in [3.05, 3.63) is 29.8 Å². The van der Waals surface area contributed by atoms with Crippen LogP contribution in [-0.4, -0.2) is 30.3 Å². The quantitative estimate of drug-likeness (QED) is 0.623. The van der Waals surface area contributed by atoms with E-state index in [1.165, 1.54) is 6.08 Å². The summed E-state index contributed by atoms with van der Waals surface area (Å²) in [6.45, 7) is 0.0557. The molecular weight excluding hydrogens is 325 g/mol. The van der Waals surface area contributed by atoms with Crippen LogP contribution >= 0.6 is 0 Å². The Morgan fingerprint density at radius 1 is 1.36 bits per heavy atom. The van der Waals surface area contributed by atoms with Crippen LogP contribution in [0.15, 0.2) is 24.1 Å². The fourth-order valence-electron chi connectivity index (χ4n) is 2.06. The Labute approximate surface area is 124 Å². The Hall–Kier alpha value is -1.55. The van der Waals surface area contributed by atoms with Gasteiger partial charge in [0.25, 0.3) is 0 Å². The highest BCUT2D eigenvalue weighted by molar-refractivity contribution is 7.87. The van der Waals surface area contributed by atoms with Crippen LogP contribution in [0.3, 0.4) is 0 Å². The number of halogens is 3. The zero-order valence-corrected chi connectivity index (χ0v) is 12.1. The third-order valence-corrected chi connectivity index (χ3v) is 4.33. The van der Waals surface area contributed by atoms with Crippen LogP contribution in [0.2, 0.25) is 0 Å². The fourth-order valence-corrected chi connectivity index (χ4v) is 2.58. The first-order valence-corrected chi connectivity index (χ1v) is 8.05. The van der Waals surface area contributed by atoms with Crippen LogP contribution in [0, 0.1) is 0 Å². The van der Waals surface area contributed by atoms with E-state index in [2.05, 4.69) is 9.28 Å². The first kappa shape index (κ1) is 15.3. The molecule has 1 aliphatic heterocycles. The zero-order chi connectivity index (χ0) is 16.0. The molecule has 22 heavy (non-hydrogen) atoms. The molecule has 122 valence electrons. The van der Waals surface area contributed by atoms with E-state index < -0.39 is 21.7 Å². The molecule has 0 amide bonds. The number of rotatable bonds is 4. The van der Waals surface area contributed by atoms with Crippen molar-refractivity contribution in [1.29, 1.82) is 0 Å². The van der Waals surface area contributed by atoms with Gasteiger partial charge >= 0.3 is 15.6 Å². The highest BCUT2D eigenvalue weighted by Crippen LogP contribution is 2.35. The Morgan fingerprint density at radius 3 is 2.73 bits per heavy atom. The molecule has 0 aromatic carbocycles. The lowest BCUT2D eigenvalue weighted by atomic mass is 10.1. The molecule has 0 N–H and O–H groups in total. The minimum atomic E-state index is -5.65. The molecule has 1 fully saturated rings. The maximum atomic E-state index is 12.3. The minimum Gasteiger partial charge on any atom is -0.381 e. The van der Waals surface area contributed by atoms with Crippen molar-refractivity contribution in [1.82, 2.24) is 9.78 Å². The third kappa shape index (κ3) is 3.12. The lowest BCUT2D eigenvalue weighted by molar-refractivity contribution is -0.0530. The maximum absolute atomic E-state index is 12.3. The molecule has 2 heterocycles. The van der Waals surface area contributed by atoms with Crippen molar-refractivity contribution in [2.75, 3.05) is 6.61 Å². The molecule has 0 bridgehead atoms. The molecule has 0 radical (unpaired) electrons. The number of hydrogen-bond donors (Lipinski definition) is 0. The summed E-state index contributed by atoms with van der Waals surface area (Å²) in [5.41, 5.74) is -4.94. The molecule has 6 nitrogen and oxygen atoms in total. The molecule has 2 aliphatic rings. The van der Waals surface area contributed by atoms with Crippen LogP contribution < -0.4 is 0 Å². The summed E-state index contributed by atoms with van der Waals surface area (Å²) in [5, 5.41) is 4.30. The van der Waals surface area contributed by atoms with E-state index in [0.717, 1.165) is 12.8 Å². The molecule has 1 aliphatic carbocycles. The summed E-state index contributed by atoms with van der Waals surface area (Å²) < 4.78 is 70.3. The van der Waals surface area contributed by atoms with Crippen molar-refractivity contribution in [3.8, 4) is 0 Å². The molecule has 1 aromatic heterocycles. The molecule has 3 rings (SSSR count). The second-order valence-electron chi connectivity index (χ2n) is 5.11. The van der Waals surface area contributed by atoms with Crippen LogP contribution in [-0.2, 0) is 19.0 Å². The van der Waals surface area contributed by atoms with E-state index in [0.29, 0.717) is 11.7 Å². The van der Waals surface area contributed by atoms with Gasteiger partial charge in [0, 0.05) is 12.6 Å². The van der Waals surface area contributed by atoms with Crippen molar-refractivity contribution < 1.29 is 30.5 Å². The molecule has 1 aromatic rings. The van der Waals surface area contributed by atoms with Gasteiger partial charge in [-0.3, -0.25) is 4.68 Å². The van der Waals surface area contributed by atoms with Crippen molar-refractivity contribution in [2.45, 2.75) is 36.9 Å². The highest BCUT2D eigenvalue weighted by Gasteiger charge is 2.49. The third-order valence-electron chi connectivity index (χ3n) is 3.32. The Kier molecular flexibility index (Phi) is 3.68. The standard InChI is InChI=1S/C12H13F3N2O4S/c13-12(14,15)22(18,19)21-9-4-6-20-11(7-9)10-3-5-17(16-10)8-1-2-8/h3,5,7-8,11H,1-2,4,6H2. The Bertz CT molecular complexity index is 691. The van der Waals surface area contributed by atoms with Gasteiger partial charge in [-0.15, -0.1) is 0 Å². The van der Waals surface area contributed by atoms with E-state index in [9.17, 15) is 21.6 Å². The predicted molar refractivity (Wildman–Crippen MR) is 68.0 cm³/mol. The Morgan fingerprint density at radius 2 is 2.09 bits per heavy atom. The van der Waals surface area contributed by atoms with Crippen molar-refractivity contribution in [2.24, 2.45) is 0 Å². The van der Waals surface area contributed by atoms with Crippen LogP contribution in [0.25, 0.3) is 0 Å². The second kappa shape index (κ2) is 5.27. The van der Waals surface area contributed by atoms with Crippen LogP contribution in [0.1, 0.15) is 37.1 Å². The van der Waals surface area contributed by atoms with Crippen LogP contribution in [0.5, 0.6) is 0 Å². The van der Waals surface area contributed by atoms with Gasteiger partial charge in [-0.2, -0.15) is 26.7 Å². The first-order chi connectivity index (χ1) is 10.3. The average molecular weight is 338 g/mol. The summed E-state index contributed by atoms with van der Waals surface area (Å²) in [5.74, 6) is -0.283. The maximum Gasteiger partial charge on any atom is 0.534 e. The Balaban J connectivity index is 1.76. The first-order valence-electron chi connectivity index (χ1n) is 6.64. The van der Waals surface area contributed by atoms with E-state index in [-0.39, 0.29) is 18.8 Å². The number of ether oxygens (including phenoxy) is 1. The molecule has 10 heteroatoms. The lowest BCUT2D eigenvalue weighted by Crippen LogP contribution is -2.26. The van der Waals surface area contributed by atoms with Crippen molar-refractivity contribution in [3.63, 3.8) is 0 Å². The smallest absolute Gasteiger partial charge is 0.381 e. The molecule has 0 saturated heterocycles. The molecule has 0 spiro atoms. The summed E-state index contributed by atoms with van der Waals surface area (Å²) >= 11 is 0. The largest absolute Gasteiger partial charge is 0.534 e. The van der Waals surface area contributed by atoms with Gasteiger partial charge in [0.1, 0.15) is 11.9 Å². The normalized spacial score (nSPS) is 23.2. The monoisotopic (exact) mass is 338 g/mol. The van der Waals surface area contributed by atoms with Gasteiger partial charge in [-0.1, -0.05) is 0 Å². The minimum absolute atomic E-state index is 0.0465. The predicted octanol–water partition coefficient (Wildman–Crippen LogP) is 2.43. The summed E-state index contributed by atoms with van der Waals surface area (Å²) in [7, 11) is -5.65.